The van der Waals surface area contributed by atoms with Crippen LogP contribution in [0.3, 0.4) is 0 Å². The highest BCUT2D eigenvalue weighted by Crippen LogP contribution is 2.33. The number of primary amides is 1. The molecule has 2 aromatic heterocycles. The van der Waals surface area contributed by atoms with Crippen LogP contribution in [0.5, 0.6) is 0 Å². The maximum Gasteiger partial charge on any atom is 0.237 e. The average Bonchev–Trinajstić information content (AvgIpc) is 2.91. The van der Waals surface area contributed by atoms with Crippen LogP contribution in [0, 0.1) is 6.92 Å². The Balaban J connectivity index is 2.21. The molecule has 0 aliphatic rings. The lowest BCUT2D eigenvalue weighted by atomic mass is 10.0. The fourth-order valence-corrected chi connectivity index (χ4v) is 2.64. The quantitative estimate of drug-likeness (QED) is 0.800. The minimum Gasteiger partial charge on any atom is -0.368 e. The number of nitrogens with zero attached hydrogens (tertiary/aromatic N) is 3. The second kappa shape index (κ2) is 6.22. The molecule has 0 atom stereocenters. The van der Waals surface area contributed by atoms with Gasteiger partial charge in [-0.2, -0.15) is 0 Å². The van der Waals surface area contributed by atoms with E-state index < -0.39 is 5.91 Å². The maximum absolute atomic E-state index is 11.4. The van der Waals surface area contributed by atoms with E-state index in [4.69, 9.17) is 17.3 Å². The van der Waals surface area contributed by atoms with Crippen molar-refractivity contribution in [2.45, 2.75) is 13.5 Å². The zero-order valence-corrected chi connectivity index (χ0v) is 13.3. The summed E-state index contributed by atoms with van der Waals surface area (Å²) in [7, 11) is 0. The molecule has 0 bridgehead atoms. The Hall–Kier alpha value is -2.66. The summed E-state index contributed by atoms with van der Waals surface area (Å²) in [6.45, 7) is 2.03. The summed E-state index contributed by atoms with van der Waals surface area (Å²) in [5.41, 5.74) is 9.85. The third kappa shape index (κ3) is 3.10. The monoisotopic (exact) mass is 326 g/mol. The lowest BCUT2D eigenvalue weighted by Gasteiger charge is -2.11. The molecule has 5 nitrogen and oxygen atoms in total. The van der Waals surface area contributed by atoms with Crippen LogP contribution >= 0.6 is 11.6 Å². The fraction of sp³-hybridized carbons (Fsp3) is 0.118. The smallest absolute Gasteiger partial charge is 0.237 e. The number of pyridine rings is 1. The van der Waals surface area contributed by atoms with Gasteiger partial charge in [0.2, 0.25) is 5.91 Å². The van der Waals surface area contributed by atoms with Crippen molar-refractivity contribution in [1.29, 1.82) is 0 Å². The number of benzene rings is 1. The molecule has 6 heteroatoms. The summed E-state index contributed by atoms with van der Waals surface area (Å²) in [5, 5.41) is 0.659. The normalized spacial score (nSPS) is 10.7. The van der Waals surface area contributed by atoms with Crippen molar-refractivity contribution in [3.63, 3.8) is 0 Å². The van der Waals surface area contributed by atoms with E-state index in [1.807, 2.05) is 37.3 Å². The molecule has 0 unspecified atom stereocenters. The Morgan fingerprint density at radius 1 is 1.26 bits per heavy atom. The molecule has 2 N–H and O–H groups in total. The van der Waals surface area contributed by atoms with Gasteiger partial charge in [0, 0.05) is 28.5 Å². The predicted octanol–water partition coefficient (Wildman–Crippen LogP) is 3.06. The van der Waals surface area contributed by atoms with Gasteiger partial charge in [0.1, 0.15) is 6.54 Å². The van der Waals surface area contributed by atoms with Gasteiger partial charge < -0.3 is 10.3 Å². The molecule has 0 aliphatic carbocycles. The minimum atomic E-state index is -0.419. The van der Waals surface area contributed by atoms with Crippen LogP contribution in [-0.4, -0.2) is 20.4 Å². The van der Waals surface area contributed by atoms with E-state index in [0.717, 1.165) is 28.1 Å². The highest BCUT2D eigenvalue weighted by atomic mass is 35.5. The number of aromatic nitrogens is 3. The van der Waals surface area contributed by atoms with Crippen LogP contribution < -0.4 is 5.73 Å². The summed E-state index contributed by atoms with van der Waals surface area (Å²) in [4.78, 5) is 20.0. The third-order valence-electron chi connectivity index (χ3n) is 3.56. The standard InChI is InChI=1S/C17H15ClN4O/c1-11-8-20-7-6-14(11)17-16(12-2-4-13(18)5-3-12)21-10-22(17)9-15(19)23/h2-8,10H,9H2,1H3,(H2,19,23). The molecule has 116 valence electrons. The van der Waals surface area contributed by atoms with Crippen LogP contribution in [0.25, 0.3) is 22.5 Å². The molecule has 23 heavy (non-hydrogen) atoms. The second-order valence-electron chi connectivity index (χ2n) is 5.23. The summed E-state index contributed by atoms with van der Waals surface area (Å²) in [6.07, 6.45) is 5.13. The second-order valence-corrected chi connectivity index (χ2v) is 5.67. The van der Waals surface area contributed by atoms with Crippen molar-refractivity contribution < 1.29 is 4.79 Å². The van der Waals surface area contributed by atoms with Crippen LogP contribution in [0.15, 0.2) is 49.1 Å². The number of imidazole rings is 1. The van der Waals surface area contributed by atoms with E-state index in [9.17, 15) is 4.79 Å². The molecule has 2 heterocycles. The number of nitrogens with two attached hydrogens (primary N) is 1. The van der Waals surface area contributed by atoms with Gasteiger partial charge in [-0.05, 0) is 30.7 Å². The largest absolute Gasteiger partial charge is 0.368 e. The number of halogens is 1. The van der Waals surface area contributed by atoms with E-state index in [2.05, 4.69) is 9.97 Å². The average molecular weight is 327 g/mol. The SMILES string of the molecule is Cc1cnccc1-c1c(-c2ccc(Cl)cc2)ncn1CC(N)=O. The third-order valence-corrected chi connectivity index (χ3v) is 3.81. The Bertz CT molecular complexity index is 855. The molecule has 1 amide bonds. The molecular formula is C17H15ClN4O. The van der Waals surface area contributed by atoms with Crippen molar-refractivity contribution in [3.8, 4) is 22.5 Å². The van der Waals surface area contributed by atoms with Crippen LogP contribution in [-0.2, 0) is 11.3 Å². The Morgan fingerprint density at radius 2 is 2.00 bits per heavy atom. The fourth-order valence-electron chi connectivity index (χ4n) is 2.51. The molecule has 0 saturated heterocycles. The van der Waals surface area contributed by atoms with Crippen LogP contribution in [0.1, 0.15) is 5.56 Å². The van der Waals surface area contributed by atoms with E-state index in [1.165, 1.54) is 0 Å². The zero-order chi connectivity index (χ0) is 16.4. The molecule has 0 spiro atoms. The molecule has 0 fully saturated rings. The number of amides is 1. The van der Waals surface area contributed by atoms with Gasteiger partial charge in [-0.3, -0.25) is 9.78 Å². The zero-order valence-electron chi connectivity index (χ0n) is 12.5. The van der Waals surface area contributed by atoms with Crippen molar-refractivity contribution >= 4 is 17.5 Å². The number of hydrogen-bond acceptors (Lipinski definition) is 3. The topological polar surface area (TPSA) is 73.8 Å². The molecular weight excluding hydrogens is 312 g/mol. The molecule has 0 aliphatic heterocycles. The Labute approximate surface area is 138 Å². The summed E-state index contributed by atoms with van der Waals surface area (Å²) in [5.74, 6) is -0.419. The van der Waals surface area contributed by atoms with Crippen molar-refractivity contribution in [2.24, 2.45) is 5.73 Å². The first kappa shape index (κ1) is 15.2. The van der Waals surface area contributed by atoms with Crippen molar-refractivity contribution in [2.75, 3.05) is 0 Å². The Morgan fingerprint density at radius 3 is 2.65 bits per heavy atom. The Kier molecular flexibility index (Phi) is 4.12. The summed E-state index contributed by atoms with van der Waals surface area (Å²) >= 11 is 5.96. The number of carbonyl (C=O) groups excluding carboxylic acids is 1. The van der Waals surface area contributed by atoms with E-state index >= 15 is 0 Å². The lowest BCUT2D eigenvalue weighted by molar-refractivity contribution is -0.118. The van der Waals surface area contributed by atoms with Crippen molar-refractivity contribution in [1.82, 2.24) is 14.5 Å². The van der Waals surface area contributed by atoms with E-state index in [1.54, 1.807) is 23.3 Å². The van der Waals surface area contributed by atoms with Gasteiger partial charge >= 0.3 is 0 Å². The lowest BCUT2D eigenvalue weighted by Crippen LogP contribution is -2.18. The first-order valence-electron chi connectivity index (χ1n) is 7.06. The van der Waals surface area contributed by atoms with Gasteiger partial charge in [0.15, 0.2) is 0 Å². The molecule has 3 rings (SSSR count). The van der Waals surface area contributed by atoms with Gasteiger partial charge in [0.05, 0.1) is 17.7 Å². The highest BCUT2D eigenvalue weighted by Gasteiger charge is 2.17. The number of aryl methyl sites for hydroxylation is 1. The van der Waals surface area contributed by atoms with E-state index in [-0.39, 0.29) is 6.54 Å². The highest BCUT2D eigenvalue weighted by molar-refractivity contribution is 6.30. The molecule has 0 saturated carbocycles. The van der Waals surface area contributed by atoms with Gasteiger partial charge in [-0.15, -0.1) is 0 Å². The predicted molar refractivity (Wildman–Crippen MR) is 89.8 cm³/mol. The minimum absolute atomic E-state index is 0.0671. The maximum atomic E-state index is 11.4. The van der Waals surface area contributed by atoms with Gasteiger partial charge in [-0.25, -0.2) is 4.98 Å². The van der Waals surface area contributed by atoms with Crippen molar-refractivity contribution in [3.05, 3.63) is 59.6 Å². The van der Waals surface area contributed by atoms with Gasteiger partial charge in [-0.1, -0.05) is 23.7 Å². The summed E-state index contributed by atoms with van der Waals surface area (Å²) in [6, 6.07) is 9.34. The first-order valence-corrected chi connectivity index (χ1v) is 7.44. The van der Waals surface area contributed by atoms with E-state index in [0.29, 0.717) is 5.02 Å². The van der Waals surface area contributed by atoms with Gasteiger partial charge in [0.25, 0.3) is 0 Å². The summed E-state index contributed by atoms with van der Waals surface area (Å²) < 4.78 is 1.76. The number of rotatable bonds is 4. The van der Waals surface area contributed by atoms with Crippen LogP contribution in [0.2, 0.25) is 5.02 Å². The number of hydrogen-bond donors (Lipinski definition) is 1. The number of carbonyl (C=O) groups is 1. The molecule has 0 radical (unpaired) electrons. The van der Waals surface area contributed by atoms with Crippen LogP contribution in [0.4, 0.5) is 0 Å². The molecule has 1 aromatic carbocycles. The first-order chi connectivity index (χ1) is 11.1. The molecule has 3 aromatic rings.